The summed E-state index contributed by atoms with van der Waals surface area (Å²) in [5.41, 5.74) is 16.1. The maximum atomic E-state index is 15.9. The summed E-state index contributed by atoms with van der Waals surface area (Å²) in [7, 11) is 0. The van der Waals surface area contributed by atoms with Gasteiger partial charge in [-0.3, -0.25) is 33.7 Å². The van der Waals surface area contributed by atoms with E-state index in [1.807, 2.05) is 133 Å². The number of fused-ring (bicyclic) bond motifs is 3. The molecule has 120 heavy (non-hydrogen) atoms. The number of rotatable bonds is 32. The molecule has 0 bridgehead atoms. The molecule has 7 aliphatic heterocycles. The van der Waals surface area contributed by atoms with E-state index in [4.69, 9.17) is 94.7 Å². The van der Waals surface area contributed by atoms with Gasteiger partial charge in [-0.2, -0.15) is 0 Å². The number of hydrogen-bond acceptors (Lipinski definition) is 27. The molecule has 8 aromatic carbocycles. The summed E-state index contributed by atoms with van der Waals surface area (Å²) in [5, 5.41) is 4.34. The highest BCUT2D eigenvalue weighted by Gasteiger charge is 2.63. The number of benzene rings is 8. The fourth-order valence-electron chi connectivity index (χ4n) is 15.8. The molecule has 2 unspecified atom stereocenters. The number of amides is 2. The van der Waals surface area contributed by atoms with Crippen LogP contribution in [-0.4, -0.2) is 190 Å². The Kier molecular flexibility index (Phi) is 28.3. The molecule has 6 fully saturated rings. The van der Waals surface area contributed by atoms with Gasteiger partial charge in [0.25, 0.3) is 11.8 Å². The maximum Gasteiger partial charge on any atom is 0.303 e. The zero-order chi connectivity index (χ0) is 83.0. The van der Waals surface area contributed by atoms with Gasteiger partial charge in [0.2, 0.25) is 0 Å². The third-order valence-electron chi connectivity index (χ3n) is 21.3. The Hall–Kier alpha value is -10.6. The third kappa shape index (κ3) is 20.5. The summed E-state index contributed by atoms with van der Waals surface area (Å²) >= 11 is 0. The zero-order valence-electron chi connectivity index (χ0n) is 66.1. The molecule has 30 nitrogen and oxygen atoms in total. The molecule has 0 aliphatic carbocycles. The van der Waals surface area contributed by atoms with Gasteiger partial charge in [-0.25, -0.2) is 0 Å². The van der Waals surface area contributed by atoms with E-state index in [1.165, 1.54) is 39.8 Å². The van der Waals surface area contributed by atoms with Crippen LogP contribution in [0.5, 0.6) is 0 Å². The Morgan fingerprint density at radius 1 is 0.383 bits per heavy atom. The fraction of sp³-hybridized carbons (Fsp3) is 0.400. The summed E-state index contributed by atoms with van der Waals surface area (Å²) in [6, 6.07) is 65.2. The number of carbonyl (C=O) groups excluding carboxylic acids is 6. The van der Waals surface area contributed by atoms with Crippen LogP contribution in [0.1, 0.15) is 105 Å². The van der Waals surface area contributed by atoms with Crippen molar-refractivity contribution >= 4 is 35.7 Å². The number of imide groups is 1. The van der Waals surface area contributed by atoms with Crippen molar-refractivity contribution in [3.05, 3.63) is 297 Å². The van der Waals surface area contributed by atoms with Crippen molar-refractivity contribution in [1.29, 1.82) is 0 Å². The lowest BCUT2D eigenvalue weighted by atomic mass is 9.92. The number of carbonyl (C=O) groups is 6. The van der Waals surface area contributed by atoms with Crippen molar-refractivity contribution in [2.75, 3.05) is 26.4 Å². The van der Waals surface area contributed by atoms with Gasteiger partial charge in [0, 0.05) is 43.7 Å². The number of ether oxygens (including phenoxy) is 20. The van der Waals surface area contributed by atoms with E-state index in [2.05, 4.69) is 10.0 Å². The lowest BCUT2D eigenvalue weighted by Gasteiger charge is -2.54. The Balaban J connectivity index is 0.855. The molecule has 30 heteroatoms. The maximum absolute atomic E-state index is 15.9. The number of esters is 4. The van der Waals surface area contributed by atoms with Crippen LogP contribution in [-0.2, 0) is 154 Å². The highest BCUT2D eigenvalue weighted by atomic mass is 16.8. The predicted octanol–water partition coefficient (Wildman–Crippen LogP) is 11.3. The lowest BCUT2D eigenvalue weighted by molar-refractivity contribution is -0.408. The second-order valence-electron chi connectivity index (χ2n) is 29.7. The molecule has 22 atom stereocenters. The molecular weight excluding hydrogens is 1550 g/mol. The van der Waals surface area contributed by atoms with Gasteiger partial charge in [0.05, 0.1) is 70.6 Å². The number of nitrogens with zero attached hydrogens (tertiary/aromatic N) is 4. The minimum absolute atomic E-state index is 0.0102. The van der Waals surface area contributed by atoms with Gasteiger partial charge < -0.3 is 94.7 Å². The Labute approximate surface area is 691 Å². The number of azide groups is 1. The van der Waals surface area contributed by atoms with E-state index in [1.54, 1.807) is 84.9 Å². The molecule has 7 aliphatic rings. The summed E-state index contributed by atoms with van der Waals surface area (Å²) < 4.78 is 136. The van der Waals surface area contributed by atoms with Crippen LogP contribution in [0.2, 0.25) is 0 Å². The van der Waals surface area contributed by atoms with Gasteiger partial charge in [-0.05, 0) is 51.0 Å². The van der Waals surface area contributed by atoms with Gasteiger partial charge in [-0.1, -0.05) is 224 Å². The molecule has 628 valence electrons. The first-order valence-electron chi connectivity index (χ1n) is 39.7. The lowest BCUT2D eigenvalue weighted by Crippen LogP contribution is -2.72. The molecule has 15 rings (SSSR count). The molecule has 0 radical (unpaired) electrons. The molecular formula is C90H92N4O26. The third-order valence-corrected chi connectivity index (χ3v) is 21.3. The largest absolute Gasteiger partial charge is 0.461 e. The van der Waals surface area contributed by atoms with Crippen LogP contribution in [0.4, 0.5) is 0 Å². The quantitative estimate of drug-likeness (QED) is 0.00944. The van der Waals surface area contributed by atoms with Crippen LogP contribution in [0.15, 0.2) is 236 Å². The monoisotopic (exact) mass is 1640 g/mol. The standard InChI is InChI=1S/C90H92N4O26/c1-53(95)103-45-61-39-41-62(42-40-61)48-106-87-71(92-93-91)77(104-46-59-29-15-7-16-30-59)73(67(112-87)49-101-43-57-25-11-5-12-26-57)118-90-82(111-56(4)98)80(76-70(115-90)52-108-86(117-76)64-35-21-10-22-36-64)120-88-72(94-83(99)65-37-23-24-38-66(65)84(94)100)78(105-47-60-31-17-8-18-32-60)74(68(113-88)50-102-44-58-27-13-6-14-28-58)119-89-81(110-55(3)97)79(109-54(2)96)75-69(114-89)51-107-85(116-75)63-33-19-9-20-34-63/h5-42,67-82,85-90H,43-52H2,1-4H3/t67-,68-,69-,70-,71-,72-,73-,74-,75+,76+,77-,78-,79+,80+,81-,82-,85?,86?,87-,88+,89+,90+/m1/s1. The van der Waals surface area contributed by atoms with E-state index in [-0.39, 0.29) is 70.6 Å². The van der Waals surface area contributed by atoms with Gasteiger partial charge in [0.15, 0.2) is 56.1 Å². The summed E-state index contributed by atoms with van der Waals surface area (Å²) in [6.45, 7) is 3.48. The topological polar surface area (TPSA) is 339 Å². The molecule has 0 N–H and O–H groups in total. The zero-order valence-corrected chi connectivity index (χ0v) is 66.1. The van der Waals surface area contributed by atoms with Gasteiger partial charge in [0.1, 0.15) is 85.8 Å². The minimum Gasteiger partial charge on any atom is -0.461 e. The first-order valence-corrected chi connectivity index (χ1v) is 39.7. The fourth-order valence-corrected chi connectivity index (χ4v) is 15.8. The molecule has 0 aromatic heterocycles. The van der Waals surface area contributed by atoms with Crippen LogP contribution in [0.3, 0.4) is 0 Å². The van der Waals surface area contributed by atoms with Crippen LogP contribution in [0, 0.1) is 0 Å². The molecule has 8 aromatic rings. The summed E-state index contributed by atoms with van der Waals surface area (Å²) in [5.74, 6) is -4.54. The second-order valence-corrected chi connectivity index (χ2v) is 29.7. The van der Waals surface area contributed by atoms with E-state index < -0.39 is 178 Å². The Morgan fingerprint density at radius 3 is 1.22 bits per heavy atom. The molecule has 2 amide bonds. The SMILES string of the molecule is CC(=O)OCc1ccc(CO[C@@H]2O[C@H](COCc3ccccc3)[C@@H](O[C@@H]3O[C@@H]4COC(c5ccccc5)O[C@@H]4[C@H](O[C@@H]4O[C@H](COCc5ccccc5)[C@@H](O[C@@H]5O[C@@H]6COC(c7ccccc7)O[C@@H]6[C@H](OC(C)=O)[C@H]5OC(C)=O)[C@H](OCc5ccccc5)[C@H]4N4C(=O)c5ccccc5C4=O)[C@H]3OC(C)=O)[C@H](OCc3ccccc3)[C@H]2N=[N+]=[N-])cc1. The van der Waals surface area contributed by atoms with Crippen LogP contribution < -0.4 is 0 Å². The smallest absolute Gasteiger partial charge is 0.303 e. The van der Waals surface area contributed by atoms with Gasteiger partial charge in [-0.15, -0.1) is 0 Å². The van der Waals surface area contributed by atoms with Crippen LogP contribution >= 0.6 is 0 Å². The van der Waals surface area contributed by atoms with E-state index in [0.717, 1.165) is 21.6 Å². The van der Waals surface area contributed by atoms with Crippen molar-refractivity contribution in [2.45, 2.75) is 203 Å². The highest BCUT2D eigenvalue weighted by molar-refractivity contribution is 6.21. The van der Waals surface area contributed by atoms with Crippen molar-refractivity contribution in [3.63, 3.8) is 0 Å². The van der Waals surface area contributed by atoms with Gasteiger partial charge >= 0.3 is 23.9 Å². The summed E-state index contributed by atoms with van der Waals surface area (Å²) in [6.07, 6.45) is -29.0. The number of hydrogen-bond donors (Lipinski definition) is 0. The minimum atomic E-state index is -1.93. The highest BCUT2D eigenvalue weighted by Crippen LogP contribution is 2.46. The van der Waals surface area contributed by atoms with Crippen molar-refractivity contribution in [2.24, 2.45) is 5.11 Å². The normalized spacial score (nSPS) is 29.5. The van der Waals surface area contributed by atoms with Crippen molar-refractivity contribution in [3.8, 4) is 0 Å². The summed E-state index contributed by atoms with van der Waals surface area (Å²) in [4.78, 5) is 89.5. The molecule has 0 saturated carbocycles. The predicted molar refractivity (Wildman–Crippen MR) is 419 cm³/mol. The first-order chi connectivity index (χ1) is 58.6. The average Bonchev–Trinajstić information content (AvgIpc) is 1.37. The Morgan fingerprint density at radius 2 is 0.758 bits per heavy atom. The molecule has 7 heterocycles. The molecule has 0 spiro atoms. The van der Waals surface area contributed by atoms with Crippen molar-refractivity contribution < 1.29 is 124 Å². The average molecular weight is 1650 g/mol. The molecule has 6 saturated heterocycles. The van der Waals surface area contributed by atoms with Crippen molar-refractivity contribution in [1.82, 2.24) is 4.90 Å². The van der Waals surface area contributed by atoms with E-state index in [0.29, 0.717) is 27.8 Å². The Bertz CT molecular complexity index is 4740. The van der Waals surface area contributed by atoms with E-state index >= 15 is 9.59 Å². The van der Waals surface area contributed by atoms with Crippen LogP contribution in [0.25, 0.3) is 10.4 Å². The van der Waals surface area contributed by atoms with E-state index in [9.17, 15) is 24.7 Å². The second kappa shape index (κ2) is 40.2. The first kappa shape index (κ1) is 84.5.